The van der Waals surface area contributed by atoms with E-state index in [1.165, 1.54) is 0 Å². The van der Waals surface area contributed by atoms with Crippen LogP contribution in [0.5, 0.6) is 5.75 Å². The molecule has 3 fully saturated rings. The second kappa shape index (κ2) is 8.98. The van der Waals surface area contributed by atoms with Crippen molar-refractivity contribution >= 4 is 29.2 Å². The third-order valence-electron chi connectivity index (χ3n) is 8.84. The molecule has 1 spiro atoms. The number of hydrogen-bond donors (Lipinski definition) is 1. The van der Waals surface area contributed by atoms with Gasteiger partial charge < -0.3 is 19.1 Å². The van der Waals surface area contributed by atoms with Crippen molar-refractivity contribution in [3.63, 3.8) is 0 Å². The molecule has 7 nitrogen and oxygen atoms in total. The van der Waals surface area contributed by atoms with Gasteiger partial charge in [-0.15, -0.1) is 0 Å². The highest BCUT2D eigenvalue weighted by Crippen LogP contribution is 2.56. The first kappa shape index (κ1) is 24.5. The van der Waals surface area contributed by atoms with Crippen LogP contribution in [0.1, 0.15) is 61.3 Å². The Labute approximate surface area is 230 Å². The second-order valence-electron chi connectivity index (χ2n) is 11.0. The Morgan fingerprint density at radius 2 is 1.87 bits per heavy atom. The van der Waals surface area contributed by atoms with Gasteiger partial charge in [0, 0.05) is 41.0 Å². The molecule has 2 aliphatic heterocycles. The number of nitrogens with zero attached hydrogens (tertiary/aromatic N) is 2. The number of aliphatic carboxylic acids is 1. The number of halogens is 2. The van der Waals surface area contributed by atoms with Crippen LogP contribution in [0.25, 0.3) is 11.3 Å². The molecule has 0 radical (unpaired) electrons. The van der Waals surface area contributed by atoms with Crippen molar-refractivity contribution in [3.8, 4) is 17.0 Å². The quantitative estimate of drug-likeness (QED) is 0.349. The smallest absolute Gasteiger partial charge is 0.364 e. The Morgan fingerprint density at radius 3 is 2.53 bits per heavy atom. The highest BCUT2D eigenvalue weighted by Gasteiger charge is 2.62. The van der Waals surface area contributed by atoms with Crippen LogP contribution in [0, 0.1) is 5.41 Å². The predicted octanol–water partition coefficient (Wildman–Crippen LogP) is 6.66. The van der Waals surface area contributed by atoms with E-state index in [4.69, 9.17) is 37.2 Å². The topological polar surface area (TPSA) is 85.0 Å². The standard InChI is InChI=1S/C29H28Cl2N2O5/c30-20-6-3-7-21(31)23(20)24-19(25(38-32-24)17-9-10-17)16-36-26-28(11-4-12-28)13-14-33(26)29(27(34)35)15-18-5-1-2-8-22(18)37-29/h1-3,5-8,17,26H,4,9-16H2,(H,34,35). The molecule has 2 atom stereocenters. The maximum absolute atomic E-state index is 12.9. The van der Waals surface area contributed by atoms with Gasteiger partial charge in [0.25, 0.3) is 5.72 Å². The molecule has 2 saturated carbocycles. The van der Waals surface area contributed by atoms with E-state index in [2.05, 4.69) is 5.16 Å². The highest BCUT2D eigenvalue weighted by molar-refractivity contribution is 6.39. The van der Waals surface area contributed by atoms with Crippen molar-refractivity contribution in [1.29, 1.82) is 0 Å². The number of aromatic nitrogens is 1. The molecule has 7 rings (SSSR count). The summed E-state index contributed by atoms with van der Waals surface area (Å²) in [6.45, 7) is 0.811. The second-order valence-corrected chi connectivity index (χ2v) is 11.9. The molecule has 2 aromatic carbocycles. The minimum atomic E-state index is -1.50. The fourth-order valence-electron chi connectivity index (χ4n) is 6.52. The molecule has 4 aliphatic rings. The Kier molecular flexibility index (Phi) is 5.78. The van der Waals surface area contributed by atoms with Gasteiger partial charge in [-0.2, -0.15) is 0 Å². The van der Waals surface area contributed by atoms with Crippen molar-refractivity contribution in [2.24, 2.45) is 5.41 Å². The lowest BCUT2D eigenvalue weighted by molar-refractivity contribution is -0.213. The average molecular weight is 555 g/mol. The van der Waals surface area contributed by atoms with Gasteiger partial charge >= 0.3 is 5.97 Å². The molecular formula is C29H28Cl2N2O5. The van der Waals surface area contributed by atoms with Gasteiger partial charge in [0.05, 0.1) is 16.7 Å². The van der Waals surface area contributed by atoms with Gasteiger partial charge in [0.15, 0.2) is 0 Å². The van der Waals surface area contributed by atoms with Crippen LogP contribution in [0.4, 0.5) is 0 Å². The van der Waals surface area contributed by atoms with Crippen LogP contribution in [-0.4, -0.2) is 39.6 Å². The average Bonchev–Trinajstić information content (AvgIpc) is 3.33. The highest BCUT2D eigenvalue weighted by atomic mass is 35.5. The normalized spacial score (nSPS) is 25.8. The summed E-state index contributed by atoms with van der Waals surface area (Å²) < 4.78 is 18.8. The summed E-state index contributed by atoms with van der Waals surface area (Å²) in [7, 11) is 0. The number of carboxylic acid groups (broad SMARTS) is 1. The lowest BCUT2D eigenvalue weighted by Gasteiger charge is -2.47. The molecule has 1 saturated heterocycles. The maximum Gasteiger partial charge on any atom is 0.364 e. The number of benzene rings is 2. The molecule has 3 aromatic rings. The monoisotopic (exact) mass is 554 g/mol. The summed E-state index contributed by atoms with van der Waals surface area (Å²) in [6.07, 6.45) is 5.90. The lowest BCUT2D eigenvalue weighted by Crippen LogP contribution is -2.62. The van der Waals surface area contributed by atoms with Gasteiger partial charge in [0.2, 0.25) is 0 Å². The molecule has 2 unspecified atom stereocenters. The van der Waals surface area contributed by atoms with Crippen LogP contribution in [0.2, 0.25) is 10.0 Å². The number of para-hydroxylation sites is 1. The summed E-state index contributed by atoms with van der Waals surface area (Å²) in [6, 6.07) is 12.9. The van der Waals surface area contributed by atoms with E-state index in [1.54, 1.807) is 18.2 Å². The number of likely N-dealkylation sites (tertiary alicyclic amines) is 1. The van der Waals surface area contributed by atoms with E-state index in [-0.39, 0.29) is 18.4 Å². The number of ether oxygens (including phenoxy) is 2. The number of rotatable bonds is 7. The van der Waals surface area contributed by atoms with Gasteiger partial charge in [-0.1, -0.05) is 59.0 Å². The van der Waals surface area contributed by atoms with Gasteiger partial charge in [0.1, 0.15) is 23.4 Å². The van der Waals surface area contributed by atoms with Crippen LogP contribution in [0.15, 0.2) is 47.0 Å². The van der Waals surface area contributed by atoms with Gasteiger partial charge in [-0.25, -0.2) is 9.69 Å². The summed E-state index contributed by atoms with van der Waals surface area (Å²) in [5, 5.41) is 15.9. The Morgan fingerprint density at radius 1 is 1.11 bits per heavy atom. The first-order valence-electron chi connectivity index (χ1n) is 13.2. The van der Waals surface area contributed by atoms with Crippen LogP contribution in [0.3, 0.4) is 0 Å². The first-order chi connectivity index (χ1) is 18.4. The fraction of sp³-hybridized carbons (Fsp3) is 0.448. The molecule has 0 bridgehead atoms. The van der Waals surface area contributed by atoms with E-state index in [0.717, 1.165) is 55.4 Å². The Hall–Kier alpha value is -2.58. The summed E-state index contributed by atoms with van der Waals surface area (Å²) in [5.41, 5.74) is 1.35. The molecular weight excluding hydrogens is 527 g/mol. The number of carboxylic acids is 1. The van der Waals surface area contributed by atoms with Crippen molar-refractivity contribution < 1.29 is 23.9 Å². The predicted molar refractivity (Wildman–Crippen MR) is 141 cm³/mol. The van der Waals surface area contributed by atoms with E-state index in [9.17, 15) is 9.90 Å². The number of carbonyl (C=O) groups is 1. The summed E-state index contributed by atoms with van der Waals surface area (Å²) in [4.78, 5) is 14.8. The minimum Gasteiger partial charge on any atom is -0.477 e. The molecule has 2 aliphatic carbocycles. The number of fused-ring (bicyclic) bond motifs is 1. The van der Waals surface area contributed by atoms with Crippen molar-refractivity contribution in [1.82, 2.24) is 10.1 Å². The van der Waals surface area contributed by atoms with Gasteiger partial charge in [-0.05, 0) is 50.3 Å². The lowest BCUT2D eigenvalue weighted by atomic mass is 9.67. The van der Waals surface area contributed by atoms with Crippen LogP contribution in [-0.2, 0) is 22.6 Å². The molecule has 9 heteroatoms. The van der Waals surface area contributed by atoms with Crippen molar-refractivity contribution in [2.75, 3.05) is 6.54 Å². The zero-order chi connectivity index (χ0) is 26.1. The zero-order valence-electron chi connectivity index (χ0n) is 20.8. The number of hydrogen-bond acceptors (Lipinski definition) is 6. The first-order valence-corrected chi connectivity index (χ1v) is 14.0. The van der Waals surface area contributed by atoms with E-state index in [1.807, 2.05) is 29.2 Å². The molecule has 3 heterocycles. The van der Waals surface area contributed by atoms with E-state index >= 15 is 0 Å². The van der Waals surface area contributed by atoms with Crippen LogP contribution >= 0.6 is 23.2 Å². The molecule has 38 heavy (non-hydrogen) atoms. The van der Waals surface area contributed by atoms with E-state index < -0.39 is 17.9 Å². The van der Waals surface area contributed by atoms with Crippen LogP contribution < -0.4 is 4.74 Å². The molecule has 198 valence electrons. The van der Waals surface area contributed by atoms with E-state index in [0.29, 0.717) is 39.5 Å². The summed E-state index contributed by atoms with van der Waals surface area (Å²) >= 11 is 13.1. The van der Waals surface area contributed by atoms with Crippen molar-refractivity contribution in [3.05, 3.63) is 69.4 Å². The SMILES string of the molecule is O=C(O)C1(N2CCC3(CCC3)C2OCc2c(-c3c(Cl)cccc3Cl)noc2C2CC2)Cc2ccccc2O1. The molecule has 1 N–H and O–H groups in total. The Bertz CT molecular complexity index is 1370. The third-order valence-corrected chi connectivity index (χ3v) is 9.47. The fourth-order valence-corrected chi connectivity index (χ4v) is 7.09. The molecule has 0 amide bonds. The largest absolute Gasteiger partial charge is 0.477 e. The van der Waals surface area contributed by atoms with Gasteiger partial charge in [-0.3, -0.25) is 0 Å². The summed E-state index contributed by atoms with van der Waals surface area (Å²) in [5.74, 6) is 0.729. The third kappa shape index (κ3) is 3.70. The Balaban J connectivity index is 1.24. The maximum atomic E-state index is 12.9. The zero-order valence-corrected chi connectivity index (χ0v) is 22.3. The molecule has 1 aromatic heterocycles. The van der Waals surface area contributed by atoms with Crippen molar-refractivity contribution in [2.45, 2.75) is 69.4 Å². The minimum absolute atomic E-state index is 0.0975.